The number of hydrogen-bond donors (Lipinski definition) is 1. The maximum absolute atomic E-state index is 11.8. The minimum Gasteiger partial charge on any atom is -0.497 e. The SMILES string of the molecule is COc1ccc(N2CCNCC2S(C)(=O)=O)cc1. The Balaban J connectivity index is 2.28. The molecule has 1 saturated heterocycles. The largest absolute Gasteiger partial charge is 0.497 e. The van der Waals surface area contributed by atoms with Crippen LogP contribution < -0.4 is 15.0 Å². The third-order valence-electron chi connectivity index (χ3n) is 3.09. The van der Waals surface area contributed by atoms with Crippen LogP contribution >= 0.6 is 0 Å². The fraction of sp³-hybridized carbons (Fsp3) is 0.500. The van der Waals surface area contributed by atoms with E-state index in [4.69, 9.17) is 4.74 Å². The minimum absolute atomic E-state index is 0.463. The van der Waals surface area contributed by atoms with E-state index in [1.54, 1.807) is 7.11 Å². The zero-order valence-corrected chi connectivity index (χ0v) is 11.4. The number of methoxy groups -OCH3 is 1. The zero-order chi connectivity index (χ0) is 13.2. The predicted octanol–water partition coefficient (Wildman–Crippen LogP) is 0.475. The van der Waals surface area contributed by atoms with Gasteiger partial charge >= 0.3 is 0 Å². The molecule has 0 saturated carbocycles. The van der Waals surface area contributed by atoms with Gasteiger partial charge in [-0.2, -0.15) is 0 Å². The predicted molar refractivity (Wildman–Crippen MR) is 71.8 cm³/mol. The number of rotatable bonds is 3. The average molecular weight is 270 g/mol. The fourth-order valence-corrected chi connectivity index (χ4v) is 3.24. The summed E-state index contributed by atoms with van der Waals surface area (Å²) in [7, 11) is -1.50. The van der Waals surface area contributed by atoms with Crippen molar-refractivity contribution in [3.63, 3.8) is 0 Å². The Kier molecular flexibility index (Phi) is 3.77. The van der Waals surface area contributed by atoms with Gasteiger partial charge in [-0.15, -0.1) is 0 Å². The lowest BCUT2D eigenvalue weighted by Gasteiger charge is -2.36. The van der Waals surface area contributed by atoms with Crippen LogP contribution in [0.15, 0.2) is 24.3 Å². The van der Waals surface area contributed by atoms with Crippen LogP contribution in [-0.4, -0.2) is 46.8 Å². The molecule has 5 nitrogen and oxygen atoms in total. The van der Waals surface area contributed by atoms with Gasteiger partial charge in [0.15, 0.2) is 9.84 Å². The Morgan fingerprint density at radius 2 is 2.00 bits per heavy atom. The number of ether oxygens (including phenoxy) is 1. The number of nitrogens with one attached hydrogen (secondary N) is 1. The first-order valence-corrected chi connectivity index (χ1v) is 7.78. The molecule has 100 valence electrons. The van der Waals surface area contributed by atoms with Crippen molar-refractivity contribution in [1.29, 1.82) is 0 Å². The van der Waals surface area contributed by atoms with Crippen LogP contribution in [0, 0.1) is 0 Å². The lowest BCUT2D eigenvalue weighted by Crippen LogP contribution is -2.54. The first-order valence-electron chi connectivity index (χ1n) is 5.82. The van der Waals surface area contributed by atoms with Crippen molar-refractivity contribution in [2.24, 2.45) is 0 Å². The molecule has 0 bridgehead atoms. The zero-order valence-electron chi connectivity index (χ0n) is 10.6. The Morgan fingerprint density at radius 1 is 1.33 bits per heavy atom. The van der Waals surface area contributed by atoms with Gasteiger partial charge in [-0.1, -0.05) is 0 Å². The highest BCUT2D eigenvalue weighted by atomic mass is 32.2. The first-order chi connectivity index (χ1) is 8.52. The number of piperazine rings is 1. The van der Waals surface area contributed by atoms with Gasteiger partial charge in [0, 0.05) is 31.6 Å². The number of sulfone groups is 1. The van der Waals surface area contributed by atoms with Crippen molar-refractivity contribution >= 4 is 15.5 Å². The Hall–Kier alpha value is -1.27. The second-order valence-corrected chi connectivity index (χ2v) is 6.58. The maximum atomic E-state index is 11.8. The molecule has 6 heteroatoms. The molecule has 1 aliphatic heterocycles. The van der Waals surface area contributed by atoms with Crippen LogP contribution in [-0.2, 0) is 9.84 Å². The van der Waals surface area contributed by atoms with E-state index in [1.165, 1.54) is 6.26 Å². The van der Waals surface area contributed by atoms with E-state index < -0.39 is 15.2 Å². The molecule has 1 fully saturated rings. The Labute approximate surface area is 108 Å². The van der Waals surface area contributed by atoms with Gasteiger partial charge in [-0.05, 0) is 24.3 Å². The van der Waals surface area contributed by atoms with E-state index in [0.29, 0.717) is 13.1 Å². The third kappa shape index (κ3) is 2.76. The smallest absolute Gasteiger partial charge is 0.169 e. The summed E-state index contributed by atoms with van der Waals surface area (Å²) in [5, 5.41) is 2.62. The number of nitrogens with zero attached hydrogens (tertiary/aromatic N) is 1. The Bertz CT molecular complexity index is 499. The molecule has 2 rings (SSSR count). The molecule has 1 N–H and O–H groups in total. The van der Waals surface area contributed by atoms with Crippen LogP contribution in [0.25, 0.3) is 0 Å². The van der Waals surface area contributed by atoms with Crippen molar-refractivity contribution in [3.05, 3.63) is 24.3 Å². The highest BCUT2D eigenvalue weighted by Crippen LogP contribution is 2.23. The molecular weight excluding hydrogens is 252 g/mol. The molecule has 0 radical (unpaired) electrons. The molecule has 0 aliphatic carbocycles. The van der Waals surface area contributed by atoms with Crippen LogP contribution in [0.3, 0.4) is 0 Å². The summed E-state index contributed by atoms with van der Waals surface area (Å²) >= 11 is 0. The van der Waals surface area contributed by atoms with E-state index >= 15 is 0 Å². The van der Waals surface area contributed by atoms with Gasteiger partial charge in [-0.3, -0.25) is 0 Å². The molecule has 0 aromatic heterocycles. The van der Waals surface area contributed by atoms with Gasteiger partial charge in [0.05, 0.1) is 7.11 Å². The number of anilines is 1. The molecule has 0 amide bonds. The second-order valence-electron chi connectivity index (χ2n) is 4.38. The summed E-state index contributed by atoms with van der Waals surface area (Å²) < 4.78 is 28.7. The van der Waals surface area contributed by atoms with E-state index in [0.717, 1.165) is 18.0 Å². The second kappa shape index (κ2) is 5.16. The van der Waals surface area contributed by atoms with Gasteiger partial charge in [0.2, 0.25) is 0 Å². The lowest BCUT2D eigenvalue weighted by atomic mass is 10.2. The summed E-state index contributed by atoms with van der Waals surface area (Å²) in [4.78, 5) is 1.92. The highest BCUT2D eigenvalue weighted by molar-refractivity contribution is 7.91. The van der Waals surface area contributed by atoms with E-state index in [1.807, 2.05) is 29.2 Å². The monoisotopic (exact) mass is 270 g/mol. The first kappa shape index (κ1) is 13.2. The average Bonchev–Trinajstić information content (AvgIpc) is 2.38. The molecule has 1 unspecified atom stereocenters. The van der Waals surface area contributed by atoms with Crippen LogP contribution in [0.4, 0.5) is 5.69 Å². The molecular formula is C12H18N2O3S. The highest BCUT2D eigenvalue weighted by Gasteiger charge is 2.30. The summed E-state index contributed by atoms with van der Waals surface area (Å²) in [6.45, 7) is 1.94. The molecule has 0 spiro atoms. The molecule has 18 heavy (non-hydrogen) atoms. The molecule has 1 aromatic rings. The van der Waals surface area contributed by atoms with E-state index in [-0.39, 0.29) is 0 Å². The van der Waals surface area contributed by atoms with Crippen molar-refractivity contribution in [2.45, 2.75) is 5.37 Å². The quantitative estimate of drug-likeness (QED) is 0.865. The molecule has 1 atom stereocenters. The summed E-state index contributed by atoms with van der Waals surface area (Å²) in [6, 6.07) is 7.47. The topological polar surface area (TPSA) is 58.6 Å². The summed E-state index contributed by atoms with van der Waals surface area (Å²) in [6.07, 6.45) is 1.28. The van der Waals surface area contributed by atoms with Crippen LogP contribution in [0.1, 0.15) is 0 Å². The number of hydrogen-bond acceptors (Lipinski definition) is 5. The minimum atomic E-state index is -3.11. The van der Waals surface area contributed by atoms with Crippen molar-refractivity contribution < 1.29 is 13.2 Å². The summed E-state index contributed by atoms with van der Waals surface area (Å²) in [5.74, 6) is 0.768. The van der Waals surface area contributed by atoms with Crippen molar-refractivity contribution in [2.75, 3.05) is 37.9 Å². The third-order valence-corrected chi connectivity index (χ3v) is 4.50. The van der Waals surface area contributed by atoms with Crippen molar-refractivity contribution in [3.8, 4) is 5.75 Å². The normalized spacial score (nSPS) is 20.8. The lowest BCUT2D eigenvalue weighted by molar-refractivity contribution is 0.414. The number of benzene rings is 1. The molecule has 1 aromatic carbocycles. The van der Waals surface area contributed by atoms with Gasteiger partial charge in [0.1, 0.15) is 11.1 Å². The van der Waals surface area contributed by atoms with Crippen molar-refractivity contribution in [1.82, 2.24) is 5.32 Å². The van der Waals surface area contributed by atoms with Gasteiger partial charge < -0.3 is 15.0 Å². The molecule has 1 aliphatic rings. The van der Waals surface area contributed by atoms with E-state index in [2.05, 4.69) is 5.32 Å². The Morgan fingerprint density at radius 3 is 2.56 bits per heavy atom. The molecule has 1 heterocycles. The summed E-state index contributed by atoms with van der Waals surface area (Å²) in [5.41, 5.74) is 0.910. The standard InChI is InChI=1S/C12H18N2O3S/c1-17-11-5-3-10(4-6-11)14-8-7-13-9-12(14)18(2,15)16/h3-6,12-13H,7-9H2,1-2H3. The van der Waals surface area contributed by atoms with Gasteiger partial charge in [-0.25, -0.2) is 8.42 Å². The van der Waals surface area contributed by atoms with Gasteiger partial charge in [0.25, 0.3) is 0 Å². The van der Waals surface area contributed by atoms with E-state index in [9.17, 15) is 8.42 Å². The van der Waals surface area contributed by atoms with Crippen LogP contribution in [0.2, 0.25) is 0 Å². The van der Waals surface area contributed by atoms with Crippen LogP contribution in [0.5, 0.6) is 5.75 Å². The maximum Gasteiger partial charge on any atom is 0.169 e. The fourth-order valence-electron chi connectivity index (χ4n) is 2.13.